The molecular formula is C27H25N. The largest absolute Gasteiger partial charge is 0.310 e. The van der Waals surface area contributed by atoms with Crippen molar-refractivity contribution in [3.05, 3.63) is 88.4 Å². The normalized spacial score (nSPS) is 15.9. The summed E-state index contributed by atoms with van der Waals surface area (Å²) < 4.78 is 2.41. The van der Waals surface area contributed by atoms with Crippen LogP contribution in [0.15, 0.2) is 66.7 Å². The smallest absolute Gasteiger partial charge is 0.0540 e. The third-order valence-electron chi connectivity index (χ3n) is 6.34. The second kappa shape index (κ2) is 5.97. The standard InChI is InChI=1S/C27H25N/c1-5-19-22-12-8-10-14-26(22)28(25(19)6-2)18-15-16-21-20-11-7-9-13-23(20)27(3,4)24(21)17-18/h5-17H,1-4H3/b19-5-,25-6+. The van der Waals surface area contributed by atoms with Gasteiger partial charge in [-0.3, -0.25) is 0 Å². The van der Waals surface area contributed by atoms with E-state index in [0.717, 1.165) is 0 Å². The molecule has 0 radical (unpaired) electrons. The lowest BCUT2D eigenvalue weighted by molar-refractivity contribution is 0.659. The number of nitrogens with zero attached hydrogens (tertiary/aromatic N) is 1. The van der Waals surface area contributed by atoms with Crippen LogP contribution in [0.5, 0.6) is 0 Å². The van der Waals surface area contributed by atoms with Gasteiger partial charge in [-0.15, -0.1) is 0 Å². The summed E-state index contributed by atoms with van der Waals surface area (Å²) in [6.07, 6.45) is 4.45. The maximum absolute atomic E-state index is 2.41. The van der Waals surface area contributed by atoms with E-state index >= 15 is 0 Å². The van der Waals surface area contributed by atoms with Crippen molar-refractivity contribution in [2.75, 3.05) is 0 Å². The van der Waals surface area contributed by atoms with Crippen molar-refractivity contribution in [1.82, 2.24) is 4.57 Å². The molecule has 1 aromatic heterocycles. The van der Waals surface area contributed by atoms with Crippen LogP contribution in [0.2, 0.25) is 0 Å². The van der Waals surface area contributed by atoms with E-state index in [4.69, 9.17) is 0 Å². The highest BCUT2D eigenvalue weighted by Gasteiger charge is 2.35. The highest BCUT2D eigenvalue weighted by atomic mass is 15.0. The average molecular weight is 364 g/mol. The summed E-state index contributed by atoms with van der Waals surface area (Å²) >= 11 is 0. The fourth-order valence-corrected chi connectivity index (χ4v) is 4.98. The number of hydrogen-bond donors (Lipinski definition) is 0. The van der Waals surface area contributed by atoms with Crippen molar-refractivity contribution in [2.24, 2.45) is 0 Å². The van der Waals surface area contributed by atoms with Crippen molar-refractivity contribution in [3.8, 4) is 16.8 Å². The molecule has 0 atom stereocenters. The first-order chi connectivity index (χ1) is 13.6. The molecule has 1 heterocycles. The van der Waals surface area contributed by atoms with Gasteiger partial charge in [-0.25, -0.2) is 0 Å². The Morgan fingerprint density at radius 1 is 0.750 bits per heavy atom. The summed E-state index contributed by atoms with van der Waals surface area (Å²) in [4.78, 5) is 0. The molecule has 0 unspecified atom stereocenters. The highest BCUT2D eigenvalue weighted by Crippen LogP contribution is 2.48. The first-order valence-electron chi connectivity index (χ1n) is 10.0. The van der Waals surface area contributed by atoms with E-state index in [1.54, 1.807) is 0 Å². The van der Waals surface area contributed by atoms with Crippen molar-refractivity contribution >= 4 is 23.1 Å². The van der Waals surface area contributed by atoms with E-state index in [0.29, 0.717) is 0 Å². The number of para-hydroxylation sites is 1. The lowest BCUT2D eigenvalue weighted by Crippen LogP contribution is -2.28. The molecule has 3 aromatic carbocycles. The Kier molecular flexibility index (Phi) is 3.64. The number of hydrogen-bond acceptors (Lipinski definition) is 0. The fraction of sp³-hybridized carbons (Fsp3) is 0.185. The molecule has 138 valence electrons. The van der Waals surface area contributed by atoms with Gasteiger partial charge in [-0.05, 0) is 54.3 Å². The maximum atomic E-state index is 2.41. The van der Waals surface area contributed by atoms with Crippen molar-refractivity contribution in [2.45, 2.75) is 33.1 Å². The first kappa shape index (κ1) is 17.1. The SMILES string of the molecule is C/C=c1\c(=C/C)n(-c2ccc3c(c2)C(C)(C)c2ccccc2-3)c2ccccc12. The molecule has 0 N–H and O–H groups in total. The van der Waals surface area contributed by atoms with Gasteiger partial charge in [0.25, 0.3) is 0 Å². The molecular weight excluding hydrogens is 338 g/mol. The Morgan fingerprint density at radius 3 is 2.25 bits per heavy atom. The molecule has 0 bridgehead atoms. The molecule has 0 aliphatic heterocycles. The molecule has 4 aromatic rings. The monoisotopic (exact) mass is 363 g/mol. The first-order valence-corrected chi connectivity index (χ1v) is 10.0. The van der Waals surface area contributed by atoms with Crippen LogP contribution < -0.4 is 10.6 Å². The number of rotatable bonds is 1. The Balaban J connectivity index is 1.85. The Bertz CT molecular complexity index is 1350. The van der Waals surface area contributed by atoms with E-state index in [-0.39, 0.29) is 5.41 Å². The molecule has 0 saturated carbocycles. The fourth-order valence-electron chi connectivity index (χ4n) is 4.98. The molecule has 1 aliphatic rings. The lowest BCUT2D eigenvalue weighted by Gasteiger charge is -2.22. The second-order valence-corrected chi connectivity index (χ2v) is 8.13. The van der Waals surface area contributed by atoms with Crippen LogP contribution in [0.4, 0.5) is 0 Å². The number of aromatic nitrogens is 1. The van der Waals surface area contributed by atoms with Crippen molar-refractivity contribution in [3.63, 3.8) is 0 Å². The zero-order chi connectivity index (χ0) is 19.5. The van der Waals surface area contributed by atoms with Crippen LogP contribution >= 0.6 is 0 Å². The zero-order valence-corrected chi connectivity index (χ0v) is 17.0. The zero-order valence-electron chi connectivity index (χ0n) is 17.0. The van der Waals surface area contributed by atoms with Gasteiger partial charge in [-0.2, -0.15) is 0 Å². The molecule has 0 spiro atoms. The number of fused-ring (bicyclic) bond motifs is 4. The minimum Gasteiger partial charge on any atom is -0.310 e. The third-order valence-corrected chi connectivity index (χ3v) is 6.34. The van der Waals surface area contributed by atoms with Gasteiger partial charge >= 0.3 is 0 Å². The minimum absolute atomic E-state index is 0.0146. The van der Waals surface area contributed by atoms with Gasteiger partial charge in [-0.1, -0.05) is 74.5 Å². The summed E-state index contributed by atoms with van der Waals surface area (Å²) in [7, 11) is 0. The van der Waals surface area contributed by atoms with Crippen LogP contribution in [0.1, 0.15) is 38.8 Å². The van der Waals surface area contributed by atoms with Crippen LogP contribution in [0.3, 0.4) is 0 Å². The van der Waals surface area contributed by atoms with Gasteiger partial charge < -0.3 is 4.57 Å². The van der Waals surface area contributed by atoms with Crippen LogP contribution in [0.25, 0.3) is 39.9 Å². The maximum Gasteiger partial charge on any atom is 0.0540 e. The number of benzene rings is 3. The van der Waals surface area contributed by atoms with E-state index in [1.165, 1.54) is 49.4 Å². The lowest BCUT2D eigenvalue weighted by atomic mass is 9.82. The van der Waals surface area contributed by atoms with Crippen LogP contribution in [0, 0.1) is 0 Å². The van der Waals surface area contributed by atoms with E-state index in [2.05, 4.69) is 111 Å². The van der Waals surface area contributed by atoms with E-state index in [9.17, 15) is 0 Å². The van der Waals surface area contributed by atoms with Crippen LogP contribution in [-0.4, -0.2) is 4.57 Å². The van der Waals surface area contributed by atoms with Gasteiger partial charge in [0.1, 0.15) is 0 Å². The van der Waals surface area contributed by atoms with Gasteiger partial charge in [0.2, 0.25) is 0 Å². The average Bonchev–Trinajstić information content (AvgIpc) is 3.17. The summed E-state index contributed by atoms with van der Waals surface area (Å²) in [5.74, 6) is 0. The predicted molar refractivity (Wildman–Crippen MR) is 120 cm³/mol. The van der Waals surface area contributed by atoms with Gasteiger partial charge in [0.05, 0.1) is 5.52 Å². The highest BCUT2D eigenvalue weighted by molar-refractivity contribution is 5.85. The molecule has 0 saturated heterocycles. The van der Waals surface area contributed by atoms with E-state index in [1.807, 2.05) is 0 Å². The Hall–Kier alpha value is -3.06. The van der Waals surface area contributed by atoms with Crippen LogP contribution in [-0.2, 0) is 5.41 Å². The summed E-state index contributed by atoms with van der Waals surface area (Å²) in [6.45, 7) is 8.94. The van der Waals surface area contributed by atoms with Gasteiger partial charge in [0.15, 0.2) is 0 Å². The molecule has 5 rings (SSSR count). The molecule has 28 heavy (non-hydrogen) atoms. The Morgan fingerprint density at radius 2 is 1.46 bits per heavy atom. The summed E-state index contributed by atoms with van der Waals surface area (Å²) in [5, 5.41) is 3.87. The topological polar surface area (TPSA) is 4.93 Å². The Labute approximate surface area is 166 Å². The quantitative estimate of drug-likeness (QED) is 0.418. The predicted octanol–water partition coefficient (Wildman–Crippen LogP) is 5.54. The summed E-state index contributed by atoms with van der Waals surface area (Å²) in [5.41, 5.74) is 8.08. The molecule has 0 fully saturated rings. The minimum atomic E-state index is 0.0146. The van der Waals surface area contributed by atoms with E-state index < -0.39 is 0 Å². The molecule has 1 aliphatic carbocycles. The third kappa shape index (κ3) is 2.13. The van der Waals surface area contributed by atoms with Crippen molar-refractivity contribution < 1.29 is 0 Å². The summed E-state index contributed by atoms with van der Waals surface area (Å²) in [6, 6.07) is 24.5. The molecule has 0 amide bonds. The second-order valence-electron chi connectivity index (χ2n) is 8.13. The van der Waals surface area contributed by atoms with Gasteiger partial charge in [0, 0.05) is 27.1 Å². The molecule has 1 heteroatoms. The molecule has 1 nitrogen and oxygen atoms in total. The van der Waals surface area contributed by atoms with Crippen molar-refractivity contribution in [1.29, 1.82) is 0 Å².